The van der Waals surface area contributed by atoms with Crippen LogP contribution in [-0.4, -0.2) is 8.07 Å². The monoisotopic (exact) mass is 204 g/mol. The van der Waals surface area contributed by atoms with Crippen LogP contribution in [0.1, 0.15) is 13.8 Å². The lowest BCUT2D eigenvalue weighted by atomic mass is 10.4. The molecule has 0 aromatic heterocycles. The van der Waals surface area contributed by atoms with Crippen LogP contribution in [0.4, 0.5) is 0 Å². The Morgan fingerprint density at radius 1 is 1.14 bits per heavy atom. The molecule has 0 aliphatic carbocycles. The van der Waals surface area contributed by atoms with E-state index in [1.165, 1.54) is 18.1 Å². The average Bonchev–Trinajstić information content (AvgIpc) is 2.27. The van der Waals surface area contributed by atoms with Crippen LogP contribution in [-0.2, 0) is 0 Å². The van der Waals surface area contributed by atoms with E-state index in [2.05, 4.69) is 56.8 Å². The topological polar surface area (TPSA) is 0 Å². The van der Waals surface area contributed by atoms with Crippen molar-refractivity contribution in [3.8, 4) is 0 Å². The third-order valence-corrected chi connectivity index (χ3v) is 8.61. The van der Waals surface area contributed by atoms with Gasteiger partial charge in [0.2, 0.25) is 0 Å². The van der Waals surface area contributed by atoms with Crippen LogP contribution in [0.3, 0.4) is 0 Å². The van der Waals surface area contributed by atoms with E-state index in [4.69, 9.17) is 0 Å². The molecule has 14 heavy (non-hydrogen) atoms. The molecule has 0 nitrogen and oxygen atoms in total. The summed E-state index contributed by atoms with van der Waals surface area (Å²) in [5.74, 6) is 0. The molecule has 0 unspecified atom stereocenters. The lowest BCUT2D eigenvalue weighted by Gasteiger charge is -2.28. The van der Waals surface area contributed by atoms with Gasteiger partial charge in [0.05, 0.1) is 8.07 Å². The van der Waals surface area contributed by atoms with Crippen LogP contribution >= 0.6 is 0 Å². The maximum absolute atomic E-state index is 3.90. The van der Waals surface area contributed by atoms with Crippen LogP contribution in [0.15, 0.2) is 43.0 Å². The minimum atomic E-state index is -1.24. The Balaban J connectivity index is 3.03. The molecule has 0 radical (unpaired) electrons. The average molecular weight is 204 g/mol. The first-order valence-electron chi connectivity index (χ1n) is 5.45. The van der Waals surface area contributed by atoms with E-state index in [1.807, 2.05) is 0 Å². The van der Waals surface area contributed by atoms with Crippen LogP contribution in [0.2, 0.25) is 18.1 Å². The predicted molar refractivity (Wildman–Crippen MR) is 67.8 cm³/mol. The zero-order valence-corrected chi connectivity index (χ0v) is 10.3. The van der Waals surface area contributed by atoms with Gasteiger partial charge >= 0.3 is 0 Å². The molecule has 0 saturated heterocycles. The first-order valence-corrected chi connectivity index (χ1v) is 8.07. The van der Waals surface area contributed by atoms with E-state index in [0.29, 0.717) is 0 Å². The van der Waals surface area contributed by atoms with E-state index in [1.54, 1.807) is 5.19 Å². The van der Waals surface area contributed by atoms with Crippen molar-refractivity contribution in [3.63, 3.8) is 0 Å². The second kappa shape index (κ2) is 5.16. The maximum atomic E-state index is 3.90. The Kier molecular flexibility index (Phi) is 4.14. The maximum Gasteiger partial charge on any atom is 0.0898 e. The molecule has 0 heterocycles. The number of hydrogen-bond donors (Lipinski definition) is 0. The highest BCUT2D eigenvalue weighted by molar-refractivity contribution is 6.92. The summed E-state index contributed by atoms with van der Waals surface area (Å²) in [6, 6.07) is 14.9. The van der Waals surface area contributed by atoms with Gasteiger partial charge in [-0.3, -0.25) is 0 Å². The second-order valence-electron chi connectivity index (χ2n) is 3.85. The Bertz CT molecular complexity index is 273. The van der Waals surface area contributed by atoms with Crippen LogP contribution in [0.5, 0.6) is 0 Å². The van der Waals surface area contributed by atoms with Crippen molar-refractivity contribution in [2.45, 2.75) is 32.0 Å². The normalized spacial score (nSPS) is 11.3. The quantitative estimate of drug-likeness (QED) is 0.508. The fourth-order valence-corrected chi connectivity index (χ4v) is 5.71. The summed E-state index contributed by atoms with van der Waals surface area (Å²) in [5, 5.41) is 1.59. The Morgan fingerprint density at radius 2 is 1.71 bits per heavy atom. The van der Waals surface area contributed by atoms with Gasteiger partial charge < -0.3 is 0 Å². The Labute approximate surface area is 88.7 Å². The number of rotatable bonds is 5. The largest absolute Gasteiger partial charge is 0.103 e. The van der Waals surface area contributed by atoms with Gasteiger partial charge in [-0.25, -0.2) is 0 Å². The third-order valence-electron chi connectivity index (χ3n) is 3.27. The van der Waals surface area contributed by atoms with Crippen molar-refractivity contribution in [2.75, 3.05) is 0 Å². The van der Waals surface area contributed by atoms with Crippen molar-refractivity contribution in [1.29, 1.82) is 0 Å². The zero-order chi connectivity index (χ0) is 10.4. The summed E-state index contributed by atoms with van der Waals surface area (Å²) in [6.07, 6.45) is 2.10. The minimum absolute atomic E-state index is 1.21. The molecule has 0 aliphatic rings. The minimum Gasteiger partial charge on any atom is -0.103 e. The van der Waals surface area contributed by atoms with E-state index >= 15 is 0 Å². The van der Waals surface area contributed by atoms with E-state index in [0.717, 1.165) is 0 Å². The zero-order valence-electron chi connectivity index (χ0n) is 9.29. The lowest BCUT2D eigenvalue weighted by Crippen LogP contribution is -2.45. The molecule has 0 amide bonds. The molecule has 0 N–H and O–H groups in total. The van der Waals surface area contributed by atoms with Crippen molar-refractivity contribution in [2.24, 2.45) is 0 Å². The molecular formula is C13H20Si. The summed E-state index contributed by atoms with van der Waals surface area (Å²) < 4.78 is 0. The summed E-state index contributed by atoms with van der Waals surface area (Å²) in [4.78, 5) is 0. The van der Waals surface area contributed by atoms with Crippen LogP contribution < -0.4 is 5.19 Å². The lowest BCUT2D eigenvalue weighted by molar-refractivity contribution is 1.24. The van der Waals surface area contributed by atoms with Crippen LogP contribution in [0, 0.1) is 0 Å². The molecular weight excluding hydrogens is 184 g/mol. The number of allylic oxidation sites excluding steroid dienone is 1. The highest BCUT2D eigenvalue weighted by atomic mass is 28.3. The van der Waals surface area contributed by atoms with Gasteiger partial charge in [-0.15, -0.1) is 6.58 Å². The van der Waals surface area contributed by atoms with Crippen LogP contribution in [0.25, 0.3) is 0 Å². The molecule has 0 bridgehead atoms. The summed E-state index contributed by atoms with van der Waals surface area (Å²) in [7, 11) is -1.24. The van der Waals surface area contributed by atoms with Crippen molar-refractivity contribution >= 4 is 13.3 Å². The SMILES string of the molecule is C=CC[Si](CC)(CC)c1ccccc1. The summed E-state index contributed by atoms with van der Waals surface area (Å²) in [6.45, 7) is 8.55. The predicted octanol–water partition coefficient (Wildman–Crippen LogP) is 3.57. The Hall–Kier alpha value is -0.823. The van der Waals surface area contributed by atoms with Gasteiger partial charge in [0.25, 0.3) is 0 Å². The number of benzene rings is 1. The third kappa shape index (κ3) is 2.15. The fraction of sp³-hybridized carbons (Fsp3) is 0.385. The van der Waals surface area contributed by atoms with Gasteiger partial charge in [-0.1, -0.05) is 67.5 Å². The van der Waals surface area contributed by atoms with Crippen molar-refractivity contribution in [1.82, 2.24) is 0 Å². The van der Waals surface area contributed by atoms with Gasteiger partial charge in [-0.2, -0.15) is 0 Å². The van der Waals surface area contributed by atoms with Gasteiger partial charge in [-0.05, 0) is 6.04 Å². The molecule has 0 spiro atoms. The summed E-state index contributed by atoms with van der Waals surface area (Å²) >= 11 is 0. The molecule has 1 aromatic rings. The molecule has 0 atom stereocenters. The van der Waals surface area contributed by atoms with Gasteiger partial charge in [0.15, 0.2) is 0 Å². The molecule has 0 aliphatic heterocycles. The van der Waals surface area contributed by atoms with Gasteiger partial charge in [0.1, 0.15) is 0 Å². The molecule has 1 rings (SSSR count). The van der Waals surface area contributed by atoms with E-state index < -0.39 is 8.07 Å². The molecule has 1 aromatic carbocycles. The van der Waals surface area contributed by atoms with Crippen molar-refractivity contribution in [3.05, 3.63) is 43.0 Å². The molecule has 1 heteroatoms. The van der Waals surface area contributed by atoms with E-state index in [-0.39, 0.29) is 0 Å². The second-order valence-corrected chi connectivity index (χ2v) is 8.81. The summed E-state index contributed by atoms with van der Waals surface area (Å²) in [5.41, 5.74) is 0. The van der Waals surface area contributed by atoms with Gasteiger partial charge in [0, 0.05) is 0 Å². The molecule has 76 valence electrons. The highest BCUT2D eigenvalue weighted by Crippen LogP contribution is 2.20. The first-order chi connectivity index (χ1) is 6.79. The van der Waals surface area contributed by atoms with E-state index in [9.17, 15) is 0 Å². The fourth-order valence-electron chi connectivity index (χ4n) is 2.13. The van der Waals surface area contributed by atoms with Crippen molar-refractivity contribution < 1.29 is 0 Å². The smallest absolute Gasteiger partial charge is 0.0898 e. The standard InChI is InChI=1S/C13H20Si/c1-4-12-14(5-2,6-3)13-10-8-7-9-11-13/h4,7-11H,1,5-6,12H2,2-3H3. The molecule has 0 saturated carbocycles. The highest BCUT2D eigenvalue weighted by Gasteiger charge is 2.29. The Morgan fingerprint density at radius 3 is 2.14 bits per heavy atom. The molecule has 0 fully saturated rings. The number of hydrogen-bond acceptors (Lipinski definition) is 0. The first kappa shape index (κ1) is 11.3.